The predicted octanol–water partition coefficient (Wildman–Crippen LogP) is 2.93. The molecule has 4 nitrogen and oxygen atoms in total. The smallest absolute Gasteiger partial charge is 0.270 e. The number of aromatic nitrogens is 1. The molecule has 0 spiro atoms. The van der Waals surface area contributed by atoms with Crippen LogP contribution in [0.5, 0.6) is 0 Å². The van der Waals surface area contributed by atoms with Gasteiger partial charge in [-0.1, -0.05) is 59.9 Å². The van der Waals surface area contributed by atoms with Crippen LogP contribution in [0.2, 0.25) is 0 Å². The lowest BCUT2D eigenvalue weighted by molar-refractivity contribution is 0.0947. The lowest BCUT2D eigenvalue weighted by atomic mass is 10.1. The summed E-state index contributed by atoms with van der Waals surface area (Å²) in [6.07, 6.45) is 0. The Morgan fingerprint density at radius 3 is 2.59 bits per heavy atom. The number of nitrogens with zero attached hydrogens (tertiary/aromatic N) is 1. The Hall–Kier alpha value is -2.66. The highest BCUT2D eigenvalue weighted by atomic mass is 32.1. The van der Waals surface area contributed by atoms with Crippen molar-refractivity contribution in [3.8, 4) is 16.1 Å². The van der Waals surface area contributed by atoms with Gasteiger partial charge < -0.3 is 5.32 Å². The first kappa shape index (κ1) is 13.0. The minimum absolute atomic E-state index is 0.134. The van der Waals surface area contributed by atoms with E-state index in [1.807, 2.05) is 54.6 Å². The van der Waals surface area contributed by atoms with Gasteiger partial charge in [0.15, 0.2) is 4.80 Å². The predicted molar refractivity (Wildman–Crippen MR) is 86.1 cm³/mol. The third kappa shape index (κ3) is 1.90. The van der Waals surface area contributed by atoms with Crippen molar-refractivity contribution < 1.29 is 4.79 Å². The number of fused-ring (bicyclic) bond motifs is 3. The van der Waals surface area contributed by atoms with Gasteiger partial charge in [-0.05, 0) is 17.2 Å². The monoisotopic (exact) mass is 307 g/mol. The fraction of sp³-hybridized carbons (Fsp3) is 0.0588. The number of rotatable bonds is 1. The van der Waals surface area contributed by atoms with Gasteiger partial charge in [0.25, 0.3) is 5.91 Å². The van der Waals surface area contributed by atoms with Crippen LogP contribution in [-0.2, 0) is 6.54 Å². The summed E-state index contributed by atoms with van der Waals surface area (Å²) in [5.74, 6) is -0.134. The molecule has 5 heteroatoms. The molecule has 3 aromatic rings. The van der Waals surface area contributed by atoms with Gasteiger partial charge in [-0.25, -0.2) is 0 Å². The van der Waals surface area contributed by atoms with E-state index in [0.717, 1.165) is 21.7 Å². The minimum Gasteiger partial charge on any atom is -0.347 e. The zero-order valence-electron chi connectivity index (χ0n) is 11.7. The van der Waals surface area contributed by atoms with E-state index in [1.54, 1.807) is 4.57 Å². The zero-order valence-corrected chi connectivity index (χ0v) is 12.5. The van der Waals surface area contributed by atoms with E-state index in [4.69, 9.17) is 5.41 Å². The van der Waals surface area contributed by atoms with Crippen molar-refractivity contribution in [1.29, 1.82) is 5.41 Å². The molecule has 0 unspecified atom stereocenters. The summed E-state index contributed by atoms with van der Waals surface area (Å²) < 4.78 is 1.75. The summed E-state index contributed by atoms with van der Waals surface area (Å²) in [7, 11) is 0. The lowest BCUT2D eigenvalue weighted by Crippen LogP contribution is -2.23. The normalized spacial score (nSPS) is 13.0. The third-order valence-electron chi connectivity index (χ3n) is 3.76. The number of thiazole rings is 1. The Labute approximate surface area is 131 Å². The zero-order chi connectivity index (χ0) is 15.1. The van der Waals surface area contributed by atoms with Gasteiger partial charge >= 0.3 is 0 Å². The summed E-state index contributed by atoms with van der Waals surface area (Å²) in [5, 5.41) is 11.3. The number of amides is 1. The quantitative estimate of drug-likeness (QED) is 0.713. The van der Waals surface area contributed by atoms with Gasteiger partial charge in [0.2, 0.25) is 0 Å². The van der Waals surface area contributed by atoms with Crippen molar-refractivity contribution in [3.63, 3.8) is 0 Å². The van der Waals surface area contributed by atoms with Gasteiger partial charge in [0.1, 0.15) is 5.69 Å². The molecule has 22 heavy (non-hydrogen) atoms. The van der Waals surface area contributed by atoms with Crippen LogP contribution < -0.4 is 10.1 Å². The Kier molecular flexibility index (Phi) is 2.94. The molecule has 1 amide bonds. The van der Waals surface area contributed by atoms with E-state index in [0.29, 0.717) is 17.0 Å². The molecule has 1 aliphatic rings. The van der Waals surface area contributed by atoms with E-state index in [9.17, 15) is 4.79 Å². The summed E-state index contributed by atoms with van der Waals surface area (Å²) >= 11 is 1.33. The van der Waals surface area contributed by atoms with Crippen molar-refractivity contribution in [2.24, 2.45) is 0 Å². The molecule has 0 radical (unpaired) electrons. The number of hydrogen-bond acceptors (Lipinski definition) is 3. The second kappa shape index (κ2) is 4.96. The number of nitrogens with one attached hydrogen (secondary N) is 2. The average molecular weight is 307 g/mol. The molecule has 1 aliphatic heterocycles. The lowest BCUT2D eigenvalue weighted by Gasteiger charge is -2.07. The Bertz CT molecular complexity index is 925. The van der Waals surface area contributed by atoms with Gasteiger partial charge in [-0.15, -0.1) is 0 Å². The van der Waals surface area contributed by atoms with Crippen molar-refractivity contribution in [1.82, 2.24) is 9.88 Å². The van der Waals surface area contributed by atoms with Crippen LogP contribution >= 0.6 is 11.3 Å². The van der Waals surface area contributed by atoms with Crippen LogP contribution in [0.25, 0.3) is 16.1 Å². The highest BCUT2D eigenvalue weighted by Gasteiger charge is 2.25. The first-order valence-corrected chi connectivity index (χ1v) is 7.79. The summed E-state index contributed by atoms with van der Waals surface area (Å²) in [5.41, 5.74) is 3.43. The molecule has 4 rings (SSSR count). The van der Waals surface area contributed by atoms with Gasteiger partial charge in [-0.3, -0.25) is 14.8 Å². The second-order valence-corrected chi connectivity index (χ2v) is 6.10. The van der Waals surface area contributed by atoms with Crippen LogP contribution in [0.4, 0.5) is 0 Å². The fourth-order valence-corrected chi connectivity index (χ4v) is 3.76. The topological polar surface area (TPSA) is 57.9 Å². The highest BCUT2D eigenvalue weighted by molar-refractivity contribution is 7.13. The summed E-state index contributed by atoms with van der Waals surface area (Å²) in [4.78, 5) is 13.8. The van der Waals surface area contributed by atoms with Crippen LogP contribution in [0.15, 0.2) is 54.6 Å². The van der Waals surface area contributed by atoms with Crippen molar-refractivity contribution in [3.05, 3.63) is 70.7 Å². The van der Waals surface area contributed by atoms with Gasteiger partial charge in [0, 0.05) is 6.54 Å². The van der Waals surface area contributed by atoms with E-state index in [2.05, 4.69) is 5.32 Å². The maximum atomic E-state index is 12.6. The second-order valence-electron chi connectivity index (χ2n) is 5.10. The van der Waals surface area contributed by atoms with Crippen LogP contribution in [0, 0.1) is 5.41 Å². The van der Waals surface area contributed by atoms with E-state index < -0.39 is 0 Å². The molecule has 1 aromatic heterocycles. The third-order valence-corrected chi connectivity index (χ3v) is 4.77. The molecule has 2 aromatic carbocycles. The summed E-state index contributed by atoms with van der Waals surface area (Å²) in [6.45, 7) is 0.481. The van der Waals surface area contributed by atoms with Gasteiger partial charge in [-0.2, -0.15) is 0 Å². The number of hydrogen-bond donors (Lipinski definition) is 2. The standard InChI is InChI=1S/C17H13N3OS/c18-17-20-13-9-5-4-8-12(13)10-19-16(21)14(20)15(22-17)11-6-2-1-3-7-11/h1-9,18H,10H2,(H,19,21). The molecule has 0 fully saturated rings. The Morgan fingerprint density at radius 1 is 1.05 bits per heavy atom. The SMILES string of the molecule is N=c1sc(-c2ccccc2)c2n1-c1ccccc1CNC2=O. The van der Waals surface area contributed by atoms with Crippen LogP contribution in [0.1, 0.15) is 16.1 Å². The maximum absolute atomic E-state index is 12.6. The van der Waals surface area contributed by atoms with Crippen molar-refractivity contribution in [2.75, 3.05) is 0 Å². The Balaban J connectivity index is 2.06. The fourth-order valence-electron chi connectivity index (χ4n) is 2.75. The first-order valence-electron chi connectivity index (χ1n) is 6.98. The molecular weight excluding hydrogens is 294 g/mol. The molecule has 2 heterocycles. The molecule has 0 atom stereocenters. The molecule has 0 saturated carbocycles. The molecule has 2 N–H and O–H groups in total. The van der Waals surface area contributed by atoms with E-state index in [-0.39, 0.29) is 5.91 Å². The van der Waals surface area contributed by atoms with Crippen molar-refractivity contribution >= 4 is 17.2 Å². The highest BCUT2D eigenvalue weighted by Crippen LogP contribution is 2.30. The molecule has 0 saturated heterocycles. The van der Waals surface area contributed by atoms with Crippen molar-refractivity contribution in [2.45, 2.75) is 6.54 Å². The number of benzene rings is 2. The number of para-hydroxylation sites is 1. The van der Waals surface area contributed by atoms with Gasteiger partial charge in [0.05, 0.1) is 10.6 Å². The largest absolute Gasteiger partial charge is 0.347 e. The average Bonchev–Trinajstić information content (AvgIpc) is 2.83. The van der Waals surface area contributed by atoms with E-state index >= 15 is 0 Å². The summed E-state index contributed by atoms with van der Waals surface area (Å²) in [6, 6.07) is 17.6. The first-order chi connectivity index (χ1) is 10.8. The number of carbonyl (C=O) groups excluding carboxylic acids is 1. The molecule has 108 valence electrons. The molecule has 0 aliphatic carbocycles. The Morgan fingerprint density at radius 2 is 1.77 bits per heavy atom. The number of carbonyl (C=O) groups is 1. The molecular formula is C17H13N3OS. The minimum atomic E-state index is -0.134. The van der Waals surface area contributed by atoms with E-state index in [1.165, 1.54) is 11.3 Å². The van der Waals surface area contributed by atoms with Crippen LogP contribution in [0.3, 0.4) is 0 Å². The van der Waals surface area contributed by atoms with Crippen LogP contribution in [-0.4, -0.2) is 10.5 Å². The maximum Gasteiger partial charge on any atom is 0.270 e. The molecule has 0 bridgehead atoms.